The summed E-state index contributed by atoms with van der Waals surface area (Å²) in [6.07, 6.45) is 2.08. The third-order valence-corrected chi connectivity index (χ3v) is 3.34. The van der Waals surface area contributed by atoms with Crippen LogP contribution >= 0.6 is 0 Å². The summed E-state index contributed by atoms with van der Waals surface area (Å²) in [6.45, 7) is 2.05. The van der Waals surface area contributed by atoms with Gasteiger partial charge >= 0.3 is 0 Å². The van der Waals surface area contributed by atoms with Crippen LogP contribution in [-0.4, -0.2) is 18.0 Å². The smallest absolute Gasteiger partial charge is 0.218 e. The molecule has 2 rings (SSSR count). The largest absolute Gasteiger partial charge is 0.370 e. The molecule has 1 aromatic rings. The first-order chi connectivity index (χ1) is 8.56. The zero-order chi connectivity index (χ0) is 13.1. The van der Waals surface area contributed by atoms with Crippen LogP contribution in [0.15, 0.2) is 34.3 Å². The number of hydrogen-bond donors (Lipinski definition) is 3. The molecule has 0 fully saturated rings. The molecule has 5 heteroatoms. The predicted octanol–water partition coefficient (Wildman–Crippen LogP) is 0.378. The van der Waals surface area contributed by atoms with Gasteiger partial charge in [-0.05, 0) is 36.8 Å². The maximum absolute atomic E-state index is 5.65. The van der Waals surface area contributed by atoms with Crippen molar-refractivity contribution in [2.24, 2.45) is 33.1 Å². The van der Waals surface area contributed by atoms with Crippen molar-refractivity contribution in [2.75, 3.05) is 0 Å². The van der Waals surface area contributed by atoms with E-state index in [9.17, 15) is 0 Å². The van der Waals surface area contributed by atoms with Crippen LogP contribution in [0.5, 0.6) is 0 Å². The van der Waals surface area contributed by atoms with Crippen LogP contribution < -0.4 is 17.2 Å². The summed E-state index contributed by atoms with van der Waals surface area (Å²) in [5.74, 6) is 0.562. The highest BCUT2D eigenvalue weighted by atomic mass is 15.1. The topological polar surface area (TPSA) is 103 Å². The molecule has 1 aliphatic rings. The van der Waals surface area contributed by atoms with Crippen LogP contribution in [0.2, 0.25) is 0 Å². The van der Waals surface area contributed by atoms with Gasteiger partial charge in [0.2, 0.25) is 5.96 Å². The predicted molar refractivity (Wildman–Crippen MR) is 74.2 cm³/mol. The second kappa shape index (κ2) is 5.08. The van der Waals surface area contributed by atoms with Crippen molar-refractivity contribution in [3.63, 3.8) is 0 Å². The lowest BCUT2D eigenvalue weighted by Gasteiger charge is -2.14. The Bertz CT molecular complexity index is 463. The monoisotopic (exact) mass is 245 g/mol. The molecule has 0 amide bonds. The Hall–Kier alpha value is -2.04. The molecule has 5 nitrogen and oxygen atoms in total. The Morgan fingerprint density at radius 3 is 2.22 bits per heavy atom. The molecule has 0 radical (unpaired) electrons. The van der Waals surface area contributed by atoms with Crippen LogP contribution in [0.4, 0.5) is 0 Å². The zero-order valence-corrected chi connectivity index (χ0v) is 10.5. The first-order valence-electron chi connectivity index (χ1n) is 6.06. The Morgan fingerprint density at radius 1 is 1.17 bits per heavy atom. The molecule has 6 N–H and O–H groups in total. The molecule has 0 aliphatic heterocycles. The Labute approximate surface area is 107 Å². The van der Waals surface area contributed by atoms with Gasteiger partial charge in [0, 0.05) is 0 Å². The molecule has 0 spiro atoms. The van der Waals surface area contributed by atoms with Crippen molar-refractivity contribution < 1.29 is 0 Å². The van der Waals surface area contributed by atoms with E-state index in [0.717, 1.165) is 12.8 Å². The number of rotatable bonds is 2. The third kappa shape index (κ3) is 2.80. The van der Waals surface area contributed by atoms with E-state index >= 15 is 0 Å². The van der Waals surface area contributed by atoms with E-state index in [1.54, 1.807) is 0 Å². The number of aliphatic imine (C=N–C) groups is 2. The van der Waals surface area contributed by atoms with Crippen LogP contribution in [0.1, 0.15) is 18.1 Å². The summed E-state index contributed by atoms with van der Waals surface area (Å²) in [4.78, 5) is 8.07. The second-order valence-corrected chi connectivity index (χ2v) is 4.70. The molecule has 1 unspecified atom stereocenters. The maximum atomic E-state index is 5.65. The van der Waals surface area contributed by atoms with E-state index in [4.69, 9.17) is 17.2 Å². The van der Waals surface area contributed by atoms with E-state index in [1.165, 1.54) is 11.1 Å². The van der Waals surface area contributed by atoms with Crippen molar-refractivity contribution in [3.8, 4) is 0 Å². The van der Waals surface area contributed by atoms with Crippen LogP contribution in [0.25, 0.3) is 0 Å². The quantitative estimate of drug-likeness (QED) is 0.518. The van der Waals surface area contributed by atoms with Gasteiger partial charge in [-0.15, -0.1) is 0 Å². The minimum absolute atomic E-state index is 0.0573. The van der Waals surface area contributed by atoms with Gasteiger partial charge in [0.25, 0.3) is 0 Å². The molecule has 0 heterocycles. The number of guanidine groups is 2. The lowest BCUT2D eigenvalue weighted by molar-refractivity contribution is 0.468. The summed E-state index contributed by atoms with van der Waals surface area (Å²) in [7, 11) is 0. The first kappa shape index (κ1) is 12.4. The highest BCUT2D eigenvalue weighted by molar-refractivity contribution is 5.92. The van der Waals surface area contributed by atoms with Crippen LogP contribution in [0, 0.1) is 5.92 Å². The molecule has 1 atom stereocenters. The molecular weight excluding hydrogens is 226 g/mol. The SMILES string of the molecule is CC(N=C(N)N=C(N)N)C1Cc2ccccc2C1. The summed E-state index contributed by atoms with van der Waals surface area (Å²) < 4.78 is 0. The van der Waals surface area contributed by atoms with Gasteiger partial charge in [-0.2, -0.15) is 4.99 Å². The minimum atomic E-state index is -0.0573. The van der Waals surface area contributed by atoms with Crippen molar-refractivity contribution >= 4 is 11.9 Å². The first-order valence-corrected chi connectivity index (χ1v) is 6.06. The molecular formula is C13H19N5. The lowest BCUT2D eigenvalue weighted by Crippen LogP contribution is -2.28. The fraction of sp³-hybridized carbons (Fsp3) is 0.385. The maximum Gasteiger partial charge on any atom is 0.218 e. The van der Waals surface area contributed by atoms with Gasteiger partial charge in [-0.3, -0.25) is 0 Å². The average molecular weight is 245 g/mol. The van der Waals surface area contributed by atoms with Crippen LogP contribution in [0.3, 0.4) is 0 Å². The van der Waals surface area contributed by atoms with E-state index in [0.29, 0.717) is 5.92 Å². The third-order valence-electron chi connectivity index (χ3n) is 3.34. The van der Waals surface area contributed by atoms with Crippen molar-refractivity contribution in [1.29, 1.82) is 0 Å². The number of nitrogens with two attached hydrogens (primary N) is 3. The fourth-order valence-electron chi connectivity index (χ4n) is 2.41. The van der Waals surface area contributed by atoms with Crippen LogP contribution in [-0.2, 0) is 12.8 Å². The summed E-state index contributed by atoms with van der Waals surface area (Å²) in [5.41, 5.74) is 19.0. The van der Waals surface area contributed by atoms with Gasteiger partial charge in [0.1, 0.15) is 0 Å². The normalized spacial score (nSPS) is 17.3. The van der Waals surface area contributed by atoms with Gasteiger partial charge < -0.3 is 17.2 Å². The molecule has 0 aromatic heterocycles. The van der Waals surface area contributed by atoms with Crippen molar-refractivity contribution in [2.45, 2.75) is 25.8 Å². The van der Waals surface area contributed by atoms with Gasteiger partial charge in [0.05, 0.1) is 6.04 Å². The lowest BCUT2D eigenvalue weighted by atomic mass is 9.99. The number of fused-ring (bicyclic) bond motifs is 1. The van der Waals surface area contributed by atoms with E-state index < -0.39 is 0 Å². The summed E-state index contributed by atoms with van der Waals surface area (Å²) in [6, 6.07) is 8.60. The fourth-order valence-corrected chi connectivity index (χ4v) is 2.41. The number of nitrogens with zero attached hydrogens (tertiary/aromatic N) is 2. The van der Waals surface area contributed by atoms with E-state index in [1.807, 2.05) is 6.92 Å². The highest BCUT2D eigenvalue weighted by Crippen LogP contribution is 2.29. The summed E-state index contributed by atoms with van der Waals surface area (Å²) >= 11 is 0. The zero-order valence-electron chi connectivity index (χ0n) is 10.5. The second-order valence-electron chi connectivity index (χ2n) is 4.70. The average Bonchev–Trinajstić information content (AvgIpc) is 2.71. The molecule has 0 saturated carbocycles. The van der Waals surface area contributed by atoms with Crippen molar-refractivity contribution in [3.05, 3.63) is 35.4 Å². The van der Waals surface area contributed by atoms with Gasteiger partial charge in [-0.25, -0.2) is 4.99 Å². The Kier molecular flexibility index (Phi) is 3.50. The molecule has 18 heavy (non-hydrogen) atoms. The van der Waals surface area contributed by atoms with E-state index in [2.05, 4.69) is 34.3 Å². The number of benzene rings is 1. The molecule has 0 bridgehead atoms. The molecule has 0 saturated heterocycles. The molecule has 1 aromatic carbocycles. The Balaban J connectivity index is 2.05. The van der Waals surface area contributed by atoms with Crippen molar-refractivity contribution in [1.82, 2.24) is 0 Å². The van der Waals surface area contributed by atoms with Gasteiger partial charge in [-0.1, -0.05) is 24.3 Å². The highest BCUT2D eigenvalue weighted by Gasteiger charge is 2.25. The Morgan fingerprint density at radius 2 is 1.72 bits per heavy atom. The standard InChI is InChI=1S/C13H19N5/c1-8(17-13(16)18-12(14)15)11-6-9-4-2-3-5-10(9)7-11/h2-5,8,11H,6-7H2,1H3,(H6,14,15,16,17,18). The number of hydrogen-bond acceptors (Lipinski definition) is 1. The van der Waals surface area contributed by atoms with Gasteiger partial charge in [0.15, 0.2) is 5.96 Å². The summed E-state index contributed by atoms with van der Waals surface area (Å²) in [5, 5.41) is 0. The minimum Gasteiger partial charge on any atom is -0.370 e. The van der Waals surface area contributed by atoms with E-state index in [-0.39, 0.29) is 18.0 Å². The molecule has 1 aliphatic carbocycles. The molecule has 96 valence electrons.